The van der Waals surface area contributed by atoms with E-state index in [1.165, 1.54) is 55.9 Å². The molecule has 0 saturated carbocycles. The van der Waals surface area contributed by atoms with Crippen LogP contribution in [-0.2, 0) is 14.8 Å². The lowest BCUT2D eigenvalue weighted by molar-refractivity contribution is -0.384. The molecule has 2 rings (SSSR count). The molecule has 2 aromatic rings. The van der Waals surface area contributed by atoms with Crippen molar-refractivity contribution >= 4 is 33.6 Å². The summed E-state index contributed by atoms with van der Waals surface area (Å²) < 4.78 is 42.2. The molecule has 0 unspecified atom stereocenters. The van der Waals surface area contributed by atoms with E-state index in [-0.39, 0.29) is 40.9 Å². The zero-order valence-corrected chi connectivity index (χ0v) is 20.2. The van der Waals surface area contributed by atoms with Gasteiger partial charge >= 0.3 is 5.97 Å². The van der Waals surface area contributed by atoms with E-state index in [1.807, 2.05) is 0 Å². The third-order valence-corrected chi connectivity index (χ3v) is 6.68. The number of carbonyl (C=O) groups is 1. The molecule has 0 radical (unpaired) electrons. The van der Waals surface area contributed by atoms with Gasteiger partial charge in [-0.15, -0.1) is 0 Å². The number of hydrazone groups is 1. The van der Waals surface area contributed by atoms with Crippen molar-refractivity contribution in [3.63, 3.8) is 0 Å². The van der Waals surface area contributed by atoms with Gasteiger partial charge in [-0.3, -0.25) is 20.3 Å². The van der Waals surface area contributed by atoms with Gasteiger partial charge in [0.15, 0.2) is 11.5 Å². The summed E-state index contributed by atoms with van der Waals surface area (Å²) in [4.78, 5) is 22.0. The van der Waals surface area contributed by atoms with Gasteiger partial charge in [0.05, 0.1) is 30.3 Å². The predicted molar refractivity (Wildman–Crippen MR) is 125 cm³/mol. The molecule has 0 aliphatic rings. The van der Waals surface area contributed by atoms with Crippen molar-refractivity contribution in [2.45, 2.75) is 25.7 Å². The van der Waals surface area contributed by atoms with Gasteiger partial charge in [-0.1, -0.05) is 13.8 Å². The summed E-state index contributed by atoms with van der Waals surface area (Å²) in [6.45, 7) is 5.08. The van der Waals surface area contributed by atoms with Crippen LogP contribution >= 0.6 is 0 Å². The highest BCUT2D eigenvalue weighted by Gasteiger charge is 2.25. The maximum atomic E-state index is 12.7. The Labute approximate surface area is 197 Å². The standard InChI is InChI=1S/C21H26N4O8S/c1-6-24(7-2)34(29,30)16-8-9-17(18(12-16)25(27)28)23-22-13-15-10-19(31-4)21(33-14(3)26)20(11-15)32-5/h8-13,23H,6-7H2,1-5H3/b22-13-. The number of ether oxygens (including phenoxy) is 3. The number of esters is 1. The molecule has 0 fully saturated rings. The zero-order chi connectivity index (χ0) is 25.5. The van der Waals surface area contributed by atoms with E-state index in [0.29, 0.717) is 5.56 Å². The van der Waals surface area contributed by atoms with Gasteiger partial charge in [-0.2, -0.15) is 9.41 Å². The highest BCUT2D eigenvalue weighted by molar-refractivity contribution is 7.89. The summed E-state index contributed by atoms with van der Waals surface area (Å²) in [5, 5.41) is 15.6. The van der Waals surface area contributed by atoms with Gasteiger partial charge in [0.1, 0.15) is 5.69 Å². The Bertz CT molecular complexity index is 1170. The molecule has 0 bridgehead atoms. The molecule has 0 aromatic heterocycles. The highest BCUT2D eigenvalue weighted by Crippen LogP contribution is 2.38. The second-order valence-electron chi connectivity index (χ2n) is 6.74. The summed E-state index contributed by atoms with van der Waals surface area (Å²) in [7, 11) is -1.09. The maximum absolute atomic E-state index is 12.7. The van der Waals surface area contributed by atoms with E-state index in [0.717, 1.165) is 6.07 Å². The highest BCUT2D eigenvalue weighted by atomic mass is 32.2. The van der Waals surface area contributed by atoms with Crippen molar-refractivity contribution in [3.05, 3.63) is 46.0 Å². The van der Waals surface area contributed by atoms with Gasteiger partial charge in [0.25, 0.3) is 5.69 Å². The first kappa shape index (κ1) is 26.5. The van der Waals surface area contributed by atoms with Crippen molar-refractivity contribution < 1.29 is 32.3 Å². The second kappa shape index (κ2) is 11.4. The second-order valence-corrected chi connectivity index (χ2v) is 8.68. The number of carbonyl (C=O) groups excluding carboxylic acids is 1. The van der Waals surface area contributed by atoms with Crippen LogP contribution in [0.15, 0.2) is 40.3 Å². The minimum atomic E-state index is -3.87. The Balaban J connectivity index is 2.37. The molecule has 2 aromatic carbocycles. The summed E-state index contributed by atoms with van der Waals surface area (Å²) >= 11 is 0. The van der Waals surface area contributed by atoms with Gasteiger partial charge in [0.2, 0.25) is 15.8 Å². The number of nitro benzene ring substituents is 1. The van der Waals surface area contributed by atoms with E-state index in [2.05, 4.69) is 10.5 Å². The fourth-order valence-electron chi connectivity index (χ4n) is 3.03. The average molecular weight is 495 g/mol. The van der Waals surface area contributed by atoms with Crippen LogP contribution in [0.25, 0.3) is 0 Å². The Hall–Kier alpha value is -3.71. The lowest BCUT2D eigenvalue weighted by Crippen LogP contribution is -2.30. The van der Waals surface area contributed by atoms with Gasteiger partial charge < -0.3 is 14.2 Å². The van der Waals surface area contributed by atoms with E-state index in [9.17, 15) is 23.3 Å². The van der Waals surface area contributed by atoms with Gasteiger partial charge in [0, 0.05) is 31.6 Å². The molecule has 0 amide bonds. The Kier molecular flexibility index (Phi) is 8.92. The lowest BCUT2D eigenvalue weighted by Gasteiger charge is -2.18. The Morgan fingerprint density at radius 1 is 1.15 bits per heavy atom. The molecule has 0 atom stereocenters. The number of anilines is 1. The van der Waals surface area contributed by atoms with Crippen LogP contribution in [0.4, 0.5) is 11.4 Å². The molecule has 0 spiro atoms. The predicted octanol–water partition coefficient (Wildman–Crippen LogP) is 3.01. The monoisotopic (exact) mass is 494 g/mol. The minimum absolute atomic E-state index is 0.00444. The smallest absolute Gasteiger partial charge is 0.308 e. The van der Waals surface area contributed by atoms with Crippen molar-refractivity contribution in [3.8, 4) is 17.2 Å². The number of sulfonamides is 1. The van der Waals surface area contributed by atoms with Crippen molar-refractivity contribution in [1.82, 2.24) is 4.31 Å². The molecule has 12 nitrogen and oxygen atoms in total. The van der Waals surface area contributed by atoms with Crippen molar-refractivity contribution in [2.75, 3.05) is 32.7 Å². The number of benzene rings is 2. The van der Waals surface area contributed by atoms with E-state index < -0.39 is 26.6 Å². The number of nitro groups is 1. The summed E-state index contributed by atoms with van der Waals surface area (Å²) in [6, 6.07) is 6.60. The van der Waals surface area contributed by atoms with Crippen molar-refractivity contribution in [2.24, 2.45) is 5.10 Å². The molecule has 34 heavy (non-hydrogen) atoms. The number of hydrogen-bond acceptors (Lipinski definition) is 10. The number of rotatable bonds is 11. The summed E-state index contributed by atoms with van der Waals surface area (Å²) in [5.74, 6) is -0.0254. The van der Waals surface area contributed by atoms with Gasteiger partial charge in [-0.05, 0) is 24.3 Å². The number of nitrogens with zero attached hydrogens (tertiary/aromatic N) is 3. The molecule has 13 heteroatoms. The van der Waals surface area contributed by atoms with Crippen LogP contribution in [0.5, 0.6) is 17.2 Å². The topological polar surface area (TPSA) is 150 Å². The molecule has 1 N–H and O–H groups in total. The summed E-state index contributed by atoms with van der Waals surface area (Å²) in [5.41, 5.74) is 2.57. The summed E-state index contributed by atoms with van der Waals surface area (Å²) in [6.07, 6.45) is 1.34. The maximum Gasteiger partial charge on any atom is 0.308 e. The van der Waals surface area contributed by atoms with E-state index >= 15 is 0 Å². The molecule has 0 heterocycles. The first-order valence-corrected chi connectivity index (χ1v) is 11.5. The molecular formula is C21H26N4O8S. The first-order valence-electron chi connectivity index (χ1n) is 10.1. The van der Waals surface area contributed by atoms with Crippen LogP contribution in [0.1, 0.15) is 26.3 Å². The molecule has 0 saturated heterocycles. The fourth-order valence-corrected chi connectivity index (χ4v) is 4.50. The fraction of sp³-hybridized carbons (Fsp3) is 0.333. The third kappa shape index (κ3) is 5.99. The number of methoxy groups -OCH3 is 2. The van der Waals surface area contributed by atoms with Crippen LogP contribution in [0.2, 0.25) is 0 Å². The number of hydrogen-bond donors (Lipinski definition) is 1. The third-order valence-electron chi connectivity index (χ3n) is 4.64. The van der Waals surface area contributed by atoms with Crippen LogP contribution < -0.4 is 19.6 Å². The van der Waals surface area contributed by atoms with Crippen molar-refractivity contribution in [1.29, 1.82) is 0 Å². The molecule has 184 valence electrons. The first-order chi connectivity index (χ1) is 16.1. The molecular weight excluding hydrogens is 468 g/mol. The molecule has 0 aliphatic heterocycles. The minimum Gasteiger partial charge on any atom is -0.493 e. The Morgan fingerprint density at radius 2 is 1.74 bits per heavy atom. The normalized spacial score (nSPS) is 11.5. The van der Waals surface area contributed by atoms with Gasteiger partial charge in [-0.25, -0.2) is 8.42 Å². The Morgan fingerprint density at radius 3 is 2.21 bits per heavy atom. The molecule has 0 aliphatic carbocycles. The number of nitrogens with one attached hydrogen (secondary N) is 1. The van der Waals surface area contributed by atoms with Crippen LogP contribution in [-0.4, -0.2) is 57.1 Å². The zero-order valence-electron chi connectivity index (χ0n) is 19.4. The lowest BCUT2D eigenvalue weighted by atomic mass is 10.2. The van der Waals surface area contributed by atoms with Crippen LogP contribution in [0.3, 0.4) is 0 Å². The quantitative estimate of drug-likeness (QED) is 0.163. The van der Waals surface area contributed by atoms with E-state index in [1.54, 1.807) is 13.8 Å². The van der Waals surface area contributed by atoms with Crippen LogP contribution in [0, 0.1) is 10.1 Å². The van der Waals surface area contributed by atoms with E-state index in [4.69, 9.17) is 14.2 Å². The largest absolute Gasteiger partial charge is 0.493 e. The average Bonchev–Trinajstić information content (AvgIpc) is 2.79. The SMILES string of the molecule is CCN(CC)S(=O)(=O)c1ccc(N/N=C\c2cc(OC)c(OC(C)=O)c(OC)c2)c([N+](=O)[O-])c1.